The molecule has 0 aliphatic rings. The molecule has 1 amide bonds. The lowest BCUT2D eigenvalue weighted by Crippen LogP contribution is -2.23. The van der Waals surface area contributed by atoms with Crippen molar-refractivity contribution in [3.05, 3.63) is 55.8 Å². The zero-order valence-corrected chi connectivity index (χ0v) is 11.6. The van der Waals surface area contributed by atoms with Crippen LogP contribution in [-0.2, 0) is 6.54 Å². The van der Waals surface area contributed by atoms with Crippen molar-refractivity contribution < 1.29 is 9.72 Å². The number of para-hydroxylation sites is 1. The molecule has 1 heterocycles. The topological polar surface area (TPSA) is 98.3 Å². The van der Waals surface area contributed by atoms with Crippen molar-refractivity contribution in [2.75, 3.05) is 5.73 Å². The highest BCUT2D eigenvalue weighted by Crippen LogP contribution is 2.26. The van der Waals surface area contributed by atoms with Crippen LogP contribution in [0.25, 0.3) is 0 Å². The molecular formula is C13H13N3O3S. The van der Waals surface area contributed by atoms with Crippen molar-refractivity contribution in [3.8, 4) is 0 Å². The Morgan fingerprint density at radius 2 is 2.20 bits per heavy atom. The number of hydrogen-bond acceptors (Lipinski definition) is 5. The van der Waals surface area contributed by atoms with Gasteiger partial charge < -0.3 is 11.1 Å². The van der Waals surface area contributed by atoms with Gasteiger partial charge in [0.1, 0.15) is 11.3 Å². The number of nitro groups is 1. The summed E-state index contributed by atoms with van der Waals surface area (Å²) in [5, 5.41) is 15.6. The van der Waals surface area contributed by atoms with Crippen LogP contribution in [-0.4, -0.2) is 10.8 Å². The van der Waals surface area contributed by atoms with Gasteiger partial charge in [-0.2, -0.15) is 0 Å². The van der Waals surface area contributed by atoms with Crippen LogP contribution < -0.4 is 11.1 Å². The monoisotopic (exact) mass is 291 g/mol. The number of nitrogens with zero attached hydrogens (tertiary/aromatic N) is 1. The van der Waals surface area contributed by atoms with Crippen molar-refractivity contribution in [1.29, 1.82) is 0 Å². The molecule has 2 rings (SSSR count). The first kappa shape index (κ1) is 14.0. The summed E-state index contributed by atoms with van der Waals surface area (Å²) in [5.41, 5.74) is 6.24. The van der Waals surface area contributed by atoms with Crippen LogP contribution in [0.1, 0.15) is 20.8 Å². The van der Waals surface area contributed by atoms with E-state index in [1.54, 1.807) is 0 Å². The molecule has 0 saturated carbocycles. The quantitative estimate of drug-likeness (QED) is 0.513. The van der Waals surface area contributed by atoms with Gasteiger partial charge in [-0.25, -0.2) is 0 Å². The van der Waals surface area contributed by atoms with Gasteiger partial charge in [-0.05, 0) is 36.1 Å². The van der Waals surface area contributed by atoms with Crippen molar-refractivity contribution in [1.82, 2.24) is 5.32 Å². The van der Waals surface area contributed by atoms with Crippen LogP contribution >= 0.6 is 11.3 Å². The smallest absolute Gasteiger partial charge is 0.304 e. The third-order valence-corrected chi connectivity index (χ3v) is 3.90. The summed E-state index contributed by atoms with van der Waals surface area (Å²) in [7, 11) is 0. The Balaban J connectivity index is 2.20. The maximum atomic E-state index is 12.1. The van der Waals surface area contributed by atoms with Gasteiger partial charge in [-0.15, -0.1) is 11.3 Å². The van der Waals surface area contributed by atoms with Crippen LogP contribution in [0.3, 0.4) is 0 Å². The van der Waals surface area contributed by atoms with E-state index < -0.39 is 10.8 Å². The first-order valence-electron chi connectivity index (χ1n) is 5.84. The van der Waals surface area contributed by atoms with Crippen LogP contribution in [0.15, 0.2) is 29.6 Å². The molecule has 1 aromatic heterocycles. The average Bonchev–Trinajstić information content (AvgIpc) is 2.80. The van der Waals surface area contributed by atoms with Crippen LogP contribution in [0.2, 0.25) is 0 Å². The Morgan fingerprint density at radius 1 is 1.45 bits per heavy atom. The Hall–Kier alpha value is -2.41. The molecule has 0 spiro atoms. The average molecular weight is 291 g/mol. The van der Waals surface area contributed by atoms with Crippen molar-refractivity contribution in [3.63, 3.8) is 0 Å². The number of carbonyl (C=O) groups is 1. The number of anilines is 1. The van der Waals surface area contributed by atoms with Crippen LogP contribution in [0, 0.1) is 17.0 Å². The van der Waals surface area contributed by atoms with Gasteiger partial charge in [0.2, 0.25) is 0 Å². The molecule has 0 radical (unpaired) electrons. The van der Waals surface area contributed by atoms with Gasteiger partial charge in [-0.3, -0.25) is 14.9 Å². The lowest BCUT2D eigenvalue weighted by molar-refractivity contribution is -0.384. The third-order valence-electron chi connectivity index (χ3n) is 2.87. The molecule has 1 aromatic carbocycles. The molecule has 0 saturated heterocycles. The van der Waals surface area contributed by atoms with Gasteiger partial charge in [0.05, 0.1) is 11.5 Å². The SMILES string of the molecule is Cc1ccsc1CNC(=O)c1cccc(N)c1[N+](=O)[O-]. The molecule has 7 heteroatoms. The summed E-state index contributed by atoms with van der Waals surface area (Å²) in [6.45, 7) is 2.29. The van der Waals surface area contributed by atoms with Gasteiger partial charge in [0.25, 0.3) is 5.91 Å². The molecule has 0 unspecified atom stereocenters. The van der Waals surface area contributed by atoms with E-state index in [-0.39, 0.29) is 16.9 Å². The maximum absolute atomic E-state index is 12.1. The van der Waals surface area contributed by atoms with Crippen molar-refractivity contribution >= 4 is 28.6 Å². The number of thiophene rings is 1. The zero-order chi connectivity index (χ0) is 14.7. The predicted octanol–water partition coefficient (Wildman–Crippen LogP) is 2.48. The van der Waals surface area contributed by atoms with E-state index in [4.69, 9.17) is 5.73 Å². The van der Waals surface area contributed by atoms with E-state index in [0.717, 1.165) is 10.4 Å². The summed E-state index contributed by atoms with van der Waals surface area (Å²) >= 11 is 1.53. The summed E-state index contributed by atoms with van der Waals surface area (Å²) in [5.74, 6) is -0.503. The Morgan fingerprint density at radius 3 is 2.80 bits per heavy atom. The fraction of sp³-hybridized carbons (Fsp3) is 0.154. The molecule has 2 aromatic rings. The van der Waals surface area contributed by atoms with E-state index in [2.05, 4.69) is 5.32 Å². The number of aryl methyl sites for hydroxylation is 1. The Labute approximate surface area is 119 Å². The largest absolute Gasteiger partial charge is 0.393 e. The molecule has 6 nitrogen and oxygen atoms in total. The Bertz CT molecular complexity index is 667. The van der Waals surface area contributed by atoms with Gasteiger partial charge >= 0.3 is 5.69 Å². The number of rotatable bonds is 4. The highest BCUT2D eigenvalue weighted by Gasteiger charge is 2.22. The third kappa shape index (κ3) is 2.77. The summed E-state index contributed by atoms with van der Waals surface area (Å²) in [6, 6.07) is 6.27. The number of nitro benzene ring substituents is 1. The van der Waals surface area contributed by atoms with Crippen LogP contribution in [0.5, 0.6) is 0 Å². The Kier molecular flexibility index (Phi) is 3.99. The lowest BCUT2D eigenvalue weighted by Gasteiger charge is -2.06. The molecule has 104 valence electrons. The fourth-order valence-electron chi connectivity index (χ4n) is 1.79. The molecule has 0 aliphatic heterocycles. The van der Waals surface area contributed by atoms with Gasteiger partial charge in [-0.1, -0.05) is 6.07 Å². The fourth-order valence-corrected chi connectivity index (χ4v) is 2.64. The van der Waals surface area contributed by atoms with E-state index in [1.165, 1.54) is 29.5 Å². The second kappa shape index (κ2) is 5.70. The van der Waals surface area contributed by atoms with E-state index >= 15 is 0 Å². The van der Waals surface area contributed by atoms with E-state index in [9.17, 15) is 14.9 Å². The summed E-state index contributed by atoms with van der Waals surface area (Å²) < 4.78 is 0. The van der Waals surface area contributed by atoms with E-state index in [1.807, 2.05) is 18.4 Å². The molecular weight excluding hydrogens is 278 g/mol. The first-order valence-corrected chi connectivity index (χ1v) is 6.72. The lowest BCUT2D eigenvalue weighted by atomic mass is 10.1. The minimum Gasteiger partial charge on any atom is -0.393 e. The second-order valence-electron chi connectivity index (χ2n) is 4.21. The molecule has 0 aliphatic carbocycles. The molecule has 0 bridgehead atoms. The highest BCUT2D eigenvalue weighted by molar-refractivity contribution is 7.10. The molecule has 0 fully saturated rings. The summed E-state index contributed by atoms with van der Waals surface area (Å²) in [4.78, 5) is 23.4. The summed E-state index contributed by atoms with van der Waals surface area (Å²) in [6.07, 6.45) is 0. The molecule has 0 atom stereocenters. The van der Waals surface area contributed by atoms with Gasteiger partial charge in [0, 0.05) is 4.88 Å². The number of benzene rings is 1. The number of nitrogen functional groups attached to an aromatic ring is 1. The van der Waals surface area contributed by atoms with Gasteiger partial charge in [0.15, 0.2) is 0 Å². The second-order valence-corrected chi connectivity index (χ2v) is 5.21. The normalized spacial score (nSPS) is 10.2. The van der Waals surface area contributed by atoms with E-state index in [0.29, 0.717) is 6.54 Å². The standard InChI is InChI=1S/C13H13N3O3S/c1-8-5-6-20-11(8)7-15-13(17)9-3-2-4-10(14)12(9)16(18)19/h2-6H,7,14H2,1H3,(H,15,17). The predicted molar refractivity (Wildman–Crippen MR) is 77.7 cm³/mol. The number of hydrogen-bond donors (Lipinski definition) is 2. The zero-order valence-electron chi connectivity index (χ0n) is 10.8. The number of nitrogens with two attached hydrogens (primary N) is 1. The minimum absolute atomic E-state index is 0.0186. The van der Waals surface area contributed by atoms with Crippen LogP contribution in [0.4, 0.5) is 11.4 Å². The minimum atomic E-state index is -0.638. The van der Waals surface area contributed by atoms with Crippen molar-refractivity contribution in [2.24, 2.45) is 0 Å². The number of amides is 1. The highest BCUT2D eigenvalue weighted by atomic mass is 32.1. The molecule has 3 N–H and O–H groups in total. The molecule has 20 heavy (non-hydrogen) atoms. The number of carbonyl (C=O) groups excluding carboxylic acids is 1. The number of nitrogens with one attached hydrogen (secondary N) is 1. The maximum Gasteiger partial charge on any atom is 0.304 e. The first-order chi connectivity index (χ1) is 9.50. The van der Waals surface area contributed by atoms with Crippen molar-refractivity contribution in [2.45, 2.75) is 13.5 Å².